The average molecular weight is 415 g/mol. The number of sulfone groups is 1. The van der Waals surface area contributed by atoms with Crippen molar-refractivity contribution in [1.82, 2.24) is 4.90 Å². The zero-order valence-electron chi connectivity index (χ0n) is 14.3. The lowest BCUT2D eigenvalue weighted by molar-refractivity contribution is 0.241. The summed E-state index contributed by atoms with van der Waals surface area (Å²) >= 11 is 1.02. The van der Waals surface area contributed by atoms with Gasteiger partial charge in [0, 0.05) is 30.9 Å². The van der Waals surface area contributed by atoms with Crippen molar-refractivity contribution >= 4 is 42.5 Å². The number of hydrogen-bond acceptors (Lipinski definition) is 6. The average Bonchev–Trinajstić information content (AvgIpc) is 2.55. The van der Waals surface area contributed by atoms with Gasteiger partial charge in [0.25, 0.3) is 15.3 Å². The molecule has 2 aromatic rings. The molecule has 0 saturated carbocycles. The Hall–Kier alpha value is -2.04. The topological polar surface area (TPSA) is 101 Å². The van der Waals surface area contributed by atoms with Gasteiger partial charge in [-0.05, 0) is 54.2 Å². The summed E-state index contributed by atoms with van der Waals surface area (Å²) in [6.07, 6.45) is 1.01. The maximum Gasteiger partial charge on any atom is 0.285 e. The molecule has 0 unspecified atom stereocenters. The van der Waals surface area contributed by atoms with Crippen LogP contribution in [0.4, 0.5) is 10.5 Å². The first-order valence-electron chi connectivity index (χ1n) is 7.31. The van der Waals surface area contributed by atoms with Crippen LogP contribution in [0.25, 0.3) is 0 Å². The molecule has 0 aliphatic rings. The second-order valence-corrected chi connectivity index (χ2v) is 10.4. The molecule has 0 spiro atoms. The molecule has 2 aromatic carbocycles. The molecule has 26 heavy (non-hydrogen) atoms. The Morgan fingerprint density at radius 2 is 1.54 bits per heavy atom. The predicted molar refractivity (Wildman–Crippen MR) is 102 cm³/mol. The van der Waals surface area contributed by atoms with Gasteiger partial charge in [-0.25, -0.2) is 16.8 Å². The summed E-state index contributed by atoms with van der Waals surface area (Å²) < 4.78 is 50.5. The lowest BCUT2D eigenvalue weighted by Crippen LogP contribution is -2.16. The molecule has 0 radical (unpaired) electrons. The van der Waals surface area contributed by atoms with Crippen LogP contribution in [0.5, 0.6) is 0 Å². The first-order valence-corrected chi connectivity index (χ1v) is 11.5. The van der Waals surface area contributed by atoms with E-state index in [0.717, 1.165) is 24.1 Å². The molecule has 0 saturated heterocycles. The van der Waals surface area contributed by atoms with Crippen molar-refractivity contribution < 1.29 is 21.6 Å². The van der Waals surface area contributed by atoms with Crippen LogP contribution in [0.15, 0.2) is 63.2 Å². The van der Waals surface area contributed by atoms with Gasteiger partial charge in [-0.1, -0.05) is 6.07 Å². The summed E-state index contributed by atoms with van der Waals surface area (Å²) in [7, 11) is -4.17. The molecule has 10 heteroatoms. The van der Waals surface area contributed by atoms with E-state index in [1.54, 1.807) is 26.2 Å². The quantitative estimate of drug-likeness (QED) is 0.755. The molecular weight excluding hydrogens is 396 g/mol. The van der Waals surface area contributed by atoms with Crippen molar-refractivity contribution in [3.8, 4) is 0 Å². The van der Waals surface area contributed by atoms with E-state index < -0.39 is 19.9 Å². The highest BCUT2D eigenvalue weighted by molar-refractivity contribution is 8.13. The standard InChI is InChI=1S/C16H18N2O5S3/c1-18(2)16(19)24-13-9-7-12(8-10-13)17-26(22,23)15-6-4-5-14(11-15)25(3,20)21/h4-11,17H,1-3H3. The minimum absolute atomic E-state index is 0.0747. The van der Waals surface area contributed by atoms with E-state index in [1.807, 2.05) is 0 Å². The predicted octanol–water partition coefficient (Wildman–Crippen LogP) is 2.66. The maximum atomic E-state index is 12.5. The Bertz CT molecular complexity index is 1010. The number of nitrogens with one attached hydrogen (secondary N) is 1. The van der Waals surface area contributed by atoms with E-state index in [9.17, 15) is 21.6 Å². The second kappa shape index (κ2) is 7.68. The van der Waals surface area contributed by atoms with E-state index in [4.69, 9.17) is 0 Å². The van der Waals surface area contributed by atoms with Crippen LogP contribution < -0.4 is 4.72 Å². The van der Waals surface area contributed by atoms with Crippen LogP contribution in [-0.2, 0) is 19.9 Å². The van der Waals surface area contributed by atoms with Gasteiger partial charge in [-0.15, -0.1) is 0 Å². The van der Waals surface area contributed by atoms with Crippen LogP contribution >= 0.6 is 11.8 Å². The van der Waals surface area contributed by atoms with Crippen LogP contribution in [0.1, 0.15) is 0 Å². The van der Waals surface area contributed by atoms with Gasteiger partial charge in [0.15, 0.2) is 9.84 Å². The van der Waals surface area contributed by atoms with Crippen molar-refractivity contribution in [2.75, 3.05) is 25.1 Å². The van der Waals surface area contributed by atoms with Crippen molar-refractivity contribution in [2.45, 2.75) is 14.7 Å². The summed E-state index contributed by atoms with van der Waals surface area (Å²) in [5.41, 5.74) is 0.302. The molecule has 140 valence electrons. The summed E-state index contributed by atoms with van der Waals surface area (Å²) in [6, 6.07) is 11.4. The minimum Gasteiger partial charge on any atom is -0.339 e. The number of benzene rings is 2. The summed E-state index contributed by atoms with van der Waals surface area (Å²) in [6.45, 7) is 0. The minimum atomic E-state index is -3.94. The van der Waals surface area contributed by atoms with E-state index in [1.165, 1.54) is 35.2 Å². The van der Waals surface area contributed by atoms with Gasteiger partial charge in [0.05, 0.1) is 9.79 Å². The van der Waals surface area contributed by atoms with Gasteiger partial charge in [0.1, 0.15) is 0 Å². The molecule has 1 N–H and O–H groups in total. The van der Waals surface area contributed by atoms with E-state index >= 15 is 0 Å². The number of nitrogens with zero attached hydrogens (tertiary/aromatic N) is 1. The molecular formula is C16H18N2O5S3. The van der Waals surface area contributed by atoms with Gasteiger partial charge < -0.3 is 4.90 Å². The third-order valence-electron chi connectivity index (χ3n) is 3.22. The molecule has 0 aromatic heterocycles. The van der Waals surface area contributed by atoms with Crippen molar-refractivity contribution in [3.05, 3.63) is 48.5 Å². The lowest BCUT2D eigenvalue weighted by Gasteiger charge is -2.11. The Labute approximate surface area is 157 Å². The zero-order chi connectivity index (χ0) is 19.5. The van der Waals surface area contributed by atoms with Gasteiger partial charge in [-0.2, -0.15) is 0 Å². The lowest BCUT2D eigenvalue weighted by atomic mass is 10.3. The third-order valence-corrected chi connectivity index (χ3v) is 6.76. The number of hydrogen-bond donors (Lipinski definition) is 1. The Kier molecular flexibility index (Phi) is 5.99. The van der Waals surface area contributed by atoms with E-state index in [0.29, 0.717) is 10.6 Å². The summed E-state index contributed by atoms with van der Waals surface area (Å²) in [5.74, 6) is 0. The molecule has 0 heterocycles. The van der Waals surface area contributed by atoms with Gasteiger partial charge >= 0.3 is 0 Å². The number of amides is 1. The molecule has 0 bridgehead atoms. The fourth-order valence-corrected chi connectivity index (χ4v) is 4.37. The highest BCUT2D eigenvalue weighted by Crippen LogP contribution is 2.24. The molecule has 1 amide bonds. The zero-order valence-corrected chi connectivity index (χ0v) is 16.8. The largest absolute Gasteiger partial charge is 0.339 e. The second-order valence-electron chi connectivity index (χ2n) is 5.64. The highest BCUT2D eigenvalue weighted by Gasteiger charge is 2.17. The Morgan fingerprint density at radius 3 is 2.08 bits per heavy atom. The molecule has 0 aliphatic heterocycles. The van der Waals surface area contributed by atoms with E-state index in [-0.39, 0.29) is 15.0 Å². The maximum absolute atomic E-state index is 12.5. The fraction of sp³-hybridized carbons (Fsp3) is 0.188. The molecule has 0 fully saturated rings. The van der Waals surface area contributed by atoms with Gasteiger partial charge in [-0.3, -0.25) is 9.52 Å². The molecule has 7 nitrogen and oxygen atoms in total. The number of sulfonamides is 1. The van der Waals surface area contributed by atoms with Crippen molar-refractivity contribution in [2.24, 2.45) is 0 Å². The van der Waals surface area contributed by atoms with Crippen LogP contribution in [0.3, 0.4) is 0 Å². The number of carbonyl (C=O) groups excluding carboxylic acids is 1. The summed E-state index contributed by atoms with van der Waals surface area (Å²) in [5, 5.41) is -0.143. The number of anilines is 1. The Morgan fingerprint density at radius 1 is 0.962 bits per heavy atom. The first-order chi connectivity index (χ1) is 12.0. The number of thioether (sulfide) groups is 1. The number of rotatable bonds is 5. The normalized spacial score (nSPS) is 11.8. The first kappa shape index (κ1) is 20.3. The van der Waals surface area contributed by atoms with Crippen LogP contribution in [0.2, 0.25) is 0 Å². The molecule has 0 atom stereocenters. The monoisotopic (exact) mass is 414 g/mol. The van der Waals surface area contributed by atoms with E-state index in [2.05, 4.69) is 4.72 Å². The van der Waals surface area contributed by atoms with Gasteiger partial charge in [0.2, 0.25) is 0 Å². The fourth-order valence-electron chi connectivity index (χ4n) is 1.87. The van der Waals surface area contributed by atoms with Crippen LogP contribution in [-0.4, -0.2) is 47.3 Å². The molecule has 2 rings (SSSR count). The van der Waals surface area contributed by atoms with Crippen molar-refractivity contribution in [3.63, 3.8) is 0 Å². The molecule has 0 aliphatic carbocycles. The highest BCUT2D eigenvalue weighted by atomic mass is 32.2. The third kappa shape index (κ3) is 5.23. The SMILES string of the molecule is CN(C)C(=O)Sc1ccc(NS(=O)(=O)c2cccc(S(C)(=O)=O)c2)cc1. The summed E-state index contributed by atoms with van der Waals surface area (Å²) in [4.78, 5) is 13.5. The number of carbonyl (C=O) groups is 1. The van der Waals surface area contributed by atoms with Crippen LogP contribution in [0, 0.1) is 0 Å². The smallest absolute Gasteiger partial charge is 0.285 e. The van der Waals surface area contributed by atoms with Crippen molar-refractivity contribution in [1.29, 1.82) is 0 Å². The Balaban J connectivity index is 2.21.